The fourth-order valence-corrected chi connectivity index (χ4v) is 2.42. The quantitative estimate of drug-likeness (QED) is 0.680. The van der Waals surface area contributed by atoms with E-state index in [0.717, 1.165) is 5.56 Å². The summed E-state index contributed by atoms with van der Waals surface area (Å²) < 4.78 is 10.8. The predicted molar refractivity (Wildman–Crippen MR) is 99.5 cm³/mol. The number of hydrogen-bond acceptors (Lipinski definition) is 5. The van der Waals surface area contributed by atoms with Gasteiger partial charge in [0.15, 0.2) is 11.5 Å². The zero-order chi connectivity index (χ0) is 18.5. The summed E-state index contributed by atoms with van der Waals surface area (Å²) in [5.74, 6) is 1.08. The minimum Gasteiger partial charge on any atom is -0.492 e. The number of aromatic nitrogens is 2. The largest absolute Gasteiger partial charge is 0.492 e. The lowest BCUT2D eigenvalue weighted by atomic mass is 10.2. The number of ether oxygens (including phenoxy) is 1. The maximum atomic E-state index is 12.3. The zero-order valence-electron chi connectivity index (χ0n) is 14.4. The minimum atomic E-state index is -0.388. The number of nitrogens with one attached hydrogen (secondary N) is 1. The van der Waals surface area contributed by atoms with E-state index in [2.05, 4.69) is 29.3 Å². The Balaban J connectivity index is 1.68. The zero-order valence-corrected chi connectivity index (χ0v) is 15.2. The van der Waals surface area contributed by atoms with Crippen molar-refractivity contribution in [1.82, 2.24) is 10.1 Å². The van der Waals surface area contributed by atoms with Crippen molar-refractivity contribution >= 4 is 23.2 Å². The molecular formula is C19H18ClN3O3. The molecule has 1 amide bonds. The fraction of sp³-hybridized carbons (Fsp3) is 0.211. The SMILES string of the molecule is CC(C)COc1ccc(NC(=O)c2cc(-c3ccncc3)on2)cc1Cl. The highest BCUT2D eigenvalue weighted by atomic mass is 35.5. The first kappa shape index (κ1) is 17.9. The van der Waals surface area contributed by atoms with Crippen molar-refractivity contribution in [1.29, 1.82) is 0 Å². The van der Waals surface area contributed by atoms with Crippen LogP contribution >= 0.6 is 11.6 Å². The van der Waals surface area contributed by atoms with E-state index in [0.29, 0.717) is 34.7 Å². The summed E-state index contributed by atoms with van der Waals surface area (Å²) >= 11 is 6.21. The maximum absolute atomic E-state index is 12.3. The Bertz CT molecular complexity index is 894. The number of amides is 1. The second kappa shape index (κ2) is 8.01. The molecule has 7 heteroatoms. The van der Waals surface area contributed by atoms with E-state index in [4.69, 9.17) is 20.9 Å². The number of pyridine rings is 1. The summed E-state index contributed by atoms with van der Waals surface area (Å²) in [7, 11) is 0. The van der Waals surface area contributed by atoms with Gasteiger partial charge in [0.25, 0.3) is 5.91 Å². The number of carbonyl (C=O) groups excluding carboxylic acids is 1. The van der Waals surface area contributed by atoms with E-state index in [1.54, 1.807) is 48.8 Å². The van der Waals surface area contributed by atoms with Gasteiger partial charge < -0.3 is 14.6 Å². The molecule has 1 aromatic carbocycles. The van der Waals surface area contributed by atoms with Crippen molar-refractivity contribution in [2.45, 2.75) is 13.8 Å². The number of halogens is 1. The Morgan fingerprint density at radius 3 is 2.69 bits per heavy atom. The van der Waals surface area contributed by atoms with E-state index in [9.17, 15) is 4.79 Å². The van der Waals surface area contributed by atoms with Crippen LogP contribution in [0.5, 0.6) is 5.75 Å². The normalized spacial score (nSPS) is 10.8. The van der Waals surface area contributed by atoms with Gasteiger partial charge in [-0.2, -0.15) is 0 Å². The van der Waals surface area contributed by atoms with Gasteiger partial charge in [-0.05, 0) is 36.2 Å². The maximum Gasteiger partial charge on any atom is 0.277 e. The van der Waals surface area contributed by atoms with Crippen LogP contribution in [0.15, 0.2) is 53.3 Å². The standard InChI is InChI=1S/C19H18ClN3O3/c1-12(2)11-25-17-4-3-14(9-15(17)20)22-19(24)16-10-18(26-23-16)13-5-7-21-8-6-13/h3-10,12H,11H2,1-2H3,(H,22,24). The van der Waals surface area contributed by atoms with Crippen LogP contribution in [0.2, 0.25) is 5.02 Å². The third kappa shape index (κ3) is 4.40. The van der Waals surface area contributed by atoms with Crippen molar-refractivity contribution in [2.24, 2.45) is 5.92 Å². The lowest BCUT2D eigenvalue weighted by Crippen LogP contribution is -2.12. The molecule has 3 rings (SSSR count). The molecule has 0 spiro atoms. The highest BCUT2D eigenvalue weighted by Gasteiger charge is 2.14. The second-order valence-electron chi connectivity index (χ2n) is 6.12. The summed E-state index contributed by atoms with van der Waals surface area (Å²) in [4.78, 5) is 16.3. The van der Waals surface area contributed by atoms with Crippen LogP contribution in [0, 0.1) is 5.92 Å². The Labute approximate surface area is 156 Å². The third-order valence-corrected chi connectivity index (χ3v) is 3.76. The van der Waals surface area contributed by atoms with E-state index >= 15 is 0 Å². The number of hydrogen-bond donors (Lipinski definition) is 1. The summed E-state index contributed by atoms with van der Waals surface area (Å²) in [5, 5.41) is 6.99. The van der Waals surface area contributed by atoms with Crippen LogP contribution in [0.1, 0.15) is 24.3 Å². The Hall–Kier alpha value is -2.86. The van der Waals surface area contributed by atoms with E-state index < -0.39 is 0 Å². The molecule has 0 radical (unpaired) electrons. The van der Waals surface area contributed by atoms with Crippen LogP contribution in [0.25, 0.3) is 11.3 Å². The highest BCUT2D eigenvalue weighted by molar-refractivity contribution is 6.32. The number of nitrogens with zero attached hydrogens (tertiary/aromatic N) is 2. The van der Waals surface area contributed by atoms with Gasteiger partial charge in [-0.15, -0.1) is 0 Å². The summed E-state index contributed by atoms with van der Waals surface area (Å²) in [6.45, 7) is 4.68. The summed E-state index contributed by atoms with van der Waals surface area (Å²) in [6, 6.07) is 10.2. The monoisotopic (exact) mass is 371 g/mol. The highest BCUT2D eigenvalue weighted by Crippen LogP contribution is 2.28. The molecule has 0 bridgehead atoms. The van der Waals surface area contributed by atoms with Crippen molar-refractivity contribution in [3.8, 4) is 17.1 Å². The average Bonchev–Trinajstić information content (AvgIpc) is 3.12. The predicted octanol–water partition coefficient (Wildman–Crippen LogP) is 4.68. The van der Waals surface area contributed by atoms with Crippen LogP contribution in [-0.2, 0) is 0 Å². The molecule has 1 N–H and O–H groups in total. The molecule has 0 saturated heterocycles. The molecule has 0 aliphatic rings. The third-order valence-electron chi connectivity index (χ3n) is 3.47. The number of rotatable bonds is 6. The van der Waals surface area contributed by atoms with E-state index in [1.807, 2.05) is 0 Å². The molecule has 26 heavy (non-hydrogen) atoms. The van der Waals surface area contributed by atoms with Gasteiger partial charge in [-0.3, -0.25) is 9.78 Å². The molecule has 6 nitrogen and oxygen atoms in total. The summed E-state index contributed by atoms with van der Waals surface area (Å²) in [5.41, 5.74) is 1.51. The molecule has 0 unspecified atom stereocenters. The lowest BCUT2D eigenvalue weighted by Gasteiger charge is -2.11. The molecule has 0 aliphatic heterocycles. The first-order chi connectivity index (χ1) is 12.5. The average molecular weight is 372 g/mol. The molecule has 0 saturated carbocycles. The van der Waals surface area contributed by atoms with Crippen molar-refractivity contribution in [3.05, 3.63) is 59.5 Å². The number of anilines is 1. The van der Waals surface area contributed by atoms with Gasteiger partial charge in [0, 0.05) is 29.7 Å². The minimum absolute atomic E-state index is 0.174. The first-order valence-corrected chi connectivity index (χ1v) is 8.51. The molecule has 2 heterocycles. The van der Waals surface area contributed by atoms with Gasteiger partial charge in [-0.25, -0.2) is 0 Å². The number of benzene rings is 1. The van der Waals surface area contributed by atoms with Crippen LogP contribution in [0.3, 0.4) is 0 Å². The van der Waals surface area contributed by atoms with Crippen LogP contribution in [0.4, 0.5) is 5.69 Å². The van der Waals surface area contributed by atoms with Crippen LogP contribution in [-0.4, -0.2) is 22.7 Å². The van der Waals surface area contributed by atoms with E-state index in [1.165, 1.54) is 0 Å². The van der Waals surface area contributed by atoms with Gasteiger partial charge in [-0.1, -0.05) is 30.6 Å². The Morgan fingerprint density at radius 2 is 2.00 bits per heavy atom. The molecule has 134 valence electrons. The van der Waals surface area contributed by atoms with Crippen molar-refractivity contribution < 1.29 is 14.1 Å². The Kier molecular flexibility index (Phi) is 5.53. The molecule has 0 fully saturated rings. The van der Waals surface area contributed by atoms with Gasteiger partial charge in [0.05, 0.1) is 11.6 Å². The van der Waals surface area contributed by atoms with Gasteiger partial charge in [0.2, 0.25) is 0 Å². The van der Waals surface area contributed by atoms with E-state index in [-0.39, 0.29) is 11.6 Å². The smallest absolute Gasteiger partial charge is 0.277 e. The lowest BCUT2D eigenvalue weighted by molar-refractivity contribution is 0.101. The Morgan fingerprint density at radius 1 is 1.23 bits per heavy atom. The molecule has 3 aromatic rings. The fourth-order valence-electron chi connectivity index (χ4n) is 2.18. The number of carbonyl (C=O) groups is 1. The second-order valence-corrected chi connectivity index (χ2v) is 6.52. The van der Waals surface area contributed by atoms with Crippen LogP contribution < -0.4 is 10.1 Å². The first-order valence-electron chi connectivity index (χ1n) is 8.13. The van der Waals surface area contributed by atoms with Gasteiger partial charge >= 0.3 is 0 Å². The van der Waals surface area contributed by atoms with Crippen molar-refractivity contribution in [3.63, 3.8) is 0 Å². The molecular weight excluding hydrogens is 354 g/mol. The molecule has 0 atom stereocenters. The summed E-state index contributed by atoms with van der Waals surface area (Å²) in [6.07, 6.45) is 3.28. The molecule has 0 aliphatic carbocycles. The molecule has 2 aromatic heterocycles. The topological polar surface area (TPSA) is 77.2 Å². The van der Waals surface area contributed by atoms with Gasteiger partial charge in [0.1, 0.15) is 5.75 Å². The van der Waals surface area contributed by atoms with Crippen molar-refractivity contribution in [2.75, 3.05) is 11.9 Å².